The molecule has 15 nitrogen and oxygen atoms in total. The number of nitrogens with one attached hydrogen (secondary N) is 3. The number of urea groups is 1. The van der Waals surface area contributed by atoms with Gasteiger partial charge in [-0.15, -0.1) is 0 Å². The van der Waals surface area contributed by atoms with E-state index in [0.717, 1.165) is 23.2 Å². The number of rotatable bonds is 12. The van der Waals surface area contributed by atoms with Crippen LogP contribution in [-0.4, -0.2) is 80.0 Å². The number of nitrogens with zero attached hydrogens (tertiary/aromatic N) is 1. The molecule has 0 radical (unpaired) electrons. The van der Waals surface area contributed by atoms with Crippen LogP contribution in [0.25, 0.3) is 0 Å². The zero-order valence-electron chi connectivity index (χ0n) is 20.6. The third kappa shape index (κ3) is 7.46. The predicted octanol–water partition coefficient (Wildman–Crippen LogP) is -0.146. The van der Waals surface area contributed by atoms with E-state index in [1.54, 1.807) is 11.8 Å². The summed E-state index contributed by atoms with van der Waals surface area (Å²) in [6.45, 7) is 0.553. The summed E-state index contributed by atoms with van der Waals surface area (Å²) in [7, 11) is -4.80. The number of fused-ring (bicyclic) bond motifs is 1. The van der Waals surface area contributed by atoms with Crippen molar-refractivity contribution in [2.45, 2.75) is 74.8 Å². The number of unbranched alkanes of at least 4 members (excludes halogenated alkanes) is 1. The maximum absolute atomic E-state index is 12.2. The number of H-pyrrole nitrogens is 1. The van der Waals surface area contributed by atoms with E-state index in [1.807, 2.05) is 0 Å². The molecule has 0 saturated carbocycles. The van der Waals surface area contributed by atoms with Crippen LogP contribution in [0, 0.1) is 6.92 Å². The summed E-state index contributed by atoms with van der Waals surface area (Å²) in [6, 6.07) is 0.134. The van der Waals surface area contributed by atoms with Gasteiger partial charge in [-0.3, -0.25) is 23.7 Å². The molecule has 4 heterocycles. The molecule has 5 N–H and O–H groups in total. The second-order valence-electron chi connectivity index (χ2n) is 9.34. The Morgan fingerprint density at radius 3 is 2.82 bits per heavy atom. The topological polar surface area (TPSA) is 208 Å². The first-order valence-corrected chi connectivity index (χ1v) is 14.7. The van der Waals surface area contributed by atoms with Gasteiger partial charge in [0.25, 0.3) is 5.56 Å². The summed E-state index contributed by atoms with van der Waals surface area (Å²) in [5, 5.41) is 6.13. The number of hydrogen-bond donors (Lipinski definition) is 5. The molecule has 212 valence electrons. The van der Waals surface area contributed by atoms with Crippen molar-refractivity contribution in [3.63, 3.8) is 0 Å². The second kappa shape index (κ2) is 12.3. The van der Waals surface area contributed by atoms with Gasteiger partial charge in [0.2, 0.25) is 0 Å². The normalized spacial score (nSPS) is 28.7. The number of aryl methyl sites for hydroxylation is 1. The summed E-state index contributed by atoms with van der Waals surface area (Å²) in [5.41, 5.74) is -0.991. The van der Waals surface area contributed by atoms with E-state index in [9.17, 15) is 23.7 Å². The SMILES string of the molecule is Cc1cn([C@H]2C[C@H](OCOC(=O)CCCC[C@@H]3SC[C@@H]4NC(=O)N[C@@H]43)[C@@H](COP(=O)(O)O)O2)c(=O)[nH]c1=O. The van der Waals surface area contributed by atoms with E-state index in [4.69, 9.17) is 24.0 Å². The standard InChI is InChI=1S/C21H31N4O11PS/c1-11-7-25(21(29)24-19(11)27)16-6-13(14(36-16)8-35-37(30,31)32)33-10-34-17(26)5-3-2-4-15-18-12(9-38-15)22-20(28)23-18/h7,12-16,18H,2-6,8-10H2,1H3,(H2,22,23,28)(H,24,27,29)(H2,30,31,32)/t12-,13-,14+,15-,16+,18-/m0/s1. The molecule has 0 aromatic carbocycles. The lowest BCUT2D eigenvalue weighted by atomic mass is 10.0. The molecule has 3 saturated heterocycles. The van der Waals surface area contributed by atoms with Gasteiger partial charge in [0.05, 0.1) is 24.8 Å². The van der Waals surface area contributed by atoms with Gasteiger partial charge in [-0.2, -0.15) is 11.8 Å². The Morgan fingerprint density at radius 1 is 1.26 bits per heavy atom. The summed E-state index contributed by atoms with van der Waals surface area (Å²) < 4.78 is 33.3. The zero-order valence-corrected chi connectivity index (χ0v) is 22.3. The molecule has 0 aliphatic carbocycles. The molecule has 6 atom stereocenters. The lowest BCUT2D eigenvalue weighted by Crippen LogP contribution is -2.36. The van der Waals surface area contributed by atoms with Gasteiger partial charge < -0.3 is 34.6 Å². The molecule has 0 unspecified atom stereocenters. The third-order valence-corrected chi connectivity index (χ3v) is 8.60. The summed E-state index contributed by atoms with van der Waals surface area (Å²) >= 11 is 1.81. The molecular formula is C21H31N4O11PS. The fraction of sp³-hybridized carbons (Fsp3) is 0.714. The average Bonchev–Trinajstić information content (AvgIpc) is 3.52. The fourth-order valence-corrected chi connectivity index (χ4v) is 6.57. The van der Waals surface area contributed by atoms with Gasteiger partial charge in [-0.05, 0) is 19.8 Å². The number of thioether (sulfide) groups is 1. The maximum Gasteiger partial charge on any atom is 0.469 e. The Morgan fingerprint density at radius 2 is 2.05 bits per heavy atom. The number of esters is 1. The van der Waals surface area contributed by atoms with Crippen molar-refractivity contribution in [3.05, 3.63) is 32.6 Å². The number of ether oxygens (including phenoxy) is 3. The van der Waals surface area contributed by atoms with E-state index in [0.29, 0.717) is 11.7 Å². The number of carbonyl (C=O) groups excluding carboxylic acids is 2. The van der Waals surface area contributed by atoms with Crippen LogP contribution in [0.3, 0.4) is 0 Å². The lowest BCUT2D eigenvalue weighted by Gasteiger charge is -2.19. The second-order valence-corrected chi connectivity index (χ2v) is 11.8. The van der Waals surface area contributed by atoms with Crippen molar-refractivity contribution < 1.29 is 42.7 Å². The van der Waals surface area contributed by atoms with Crippen LogP contribution in [0.15, 0.2) is 15.8 Å². The van der Waals surface area contributed by atoms with Crippen LogP contribution in [0.1, 0.15) is 43.9 Å². The minimum Gasteiger partial charge on any atom is -0.438 e. The number of aromatic nitrogens is 2. The highest BCUT2D eigenvalue weighted by molar-refractivity contribution is 8.00. The van der Waals surface area contributed by atoms with Crippen molar-refractivity contribution >= 4 is 31.6 Å². The summed E-state index contributed by atoms with van der Waals surface area (Å²) in [5.74, 6) is 0.402. The van der Waals surface area contributed by atoms with Crippen LogP contribution in [0.2, 0.25) is 0 Å². The number of phosphoric ester groups is 1. The smallest absolute Gasteiger partial charge is 0.438 e. The molecule has 17 heteroatoms. The van der Waals surface area contributed by atoms with Crippen molar-refractivity contribution in [1.82, 2.24) is 20.2 Å². The van der Waals surface area contributed by atoms with Crippen molar-refractivity contribution in [1.29, 1.82) is 0 Å². The molecule has 3 aliphatic rings. The molecule has 2 amide bonds. The van der Waals surface area contributed by atoms with Gasteiger partial charge in [-0.25, -0.2) is 14.2 Å². The number of carbonyl (C=O) groups is 2. The third-order valence-electron chi connectivity index (χ3n) is 6.60. The molecule has 0 bridgehead atoms. The number of hydrogen-bond acceptors (Lipinski definition) is 10. The molecule has 3 aliphatic heterocycles. The van der Waals surface area contributed by atoms with Gasteiger partial charge in [-0.1, -0.05) is 6.42 Å². The minimum absolute atomic E-state index is 0.0741. The van der Waals surface area contributed by atoms with Crippen molar-refractivity contribution in [2.75, 3.05) is 19.2 Å². The molecule has 4 rings (SSSR count). The Labute approximate surface area is 221 Å². The first-order chi connectivity index (χ1) is 18.0. The summed E-state index contributed by atoms with van der Waals surface area (Å²) in [4.78, 5) is 67.8. The maximum atomic E-state index is 12.2. The lowest BCUT2D eigenvalue weighted by molar-refractivity contribution is -0.164. The molecule has 38 heavy (non-hydrogen) atoms. The van der Waals surface area contributed by atoms with Gasteiger partial charge in [0, 0.05) is 35.6 Å². The Bertz CT molecular complexity index is 1190. The van der Waals surface area contributed by atoms with E-state index in [-0.39, 0.29) is 36.5 Å². The molecule has 3 fully saturated rings. The first kappa shape index (κ1) is 28.8. The van der Waals surface area contributed by atoms with Crippen LogP contribution in [0.4, 0.5) is 4.79 Å². The summed E-state index contributed by atoms with van der Waals surface area (Å²) in [6.07, 6.45) is 1.13. The highest BCUT2D eigenvalue weighted by Gasteiger charge is 2.42. The largest absolute Gasteiger partial charge is 0.469 e. The first-order valence-electron chi connectivity index (χ1n) is 12.1. The van der Waals surface area contributed by atoms with E-state index >= 15 is 0 Å². The minimum atomic E-state index is -4.80. The van der Waals surface area contributed by atoms with Crippen LogP contribution in [-0.2, 0) is 28.1 Å². The van der Waals surface area contributed by atoms with Gasteiger partial charge >= 0.3 is 25.5 Å². The Hall–Kier alpha value is -2.20. The monoisotopic (exact) mass is 578 g/mol. The number of amides is 2. The van der Waals surface area contributed by atoms with Crippen molar-refractivity contribution in [3.8, 4) is 0 Å². The quantitative estimate of drug-likeness (QED) is 0.0722. The molecule has 1 aromatic heterocycles. The zero-order chi connectivity index (χ0) is 27.4. The van der Waals surface area contributed by atoms with Crippen molar-refractivity contribution in [2.24, 2.45) is 0 Å². The molecule has 0 spiro atoms. The van der Waals surface area contributed by atoms with E-state index < -0.39 is 56.9 Å². The van der Waals surface area contributed by atoms with Gasteiger partial charge in [0.1, 0.15) is 12.3 Å². The van der Waals surface area contributed by atoms with Crippen LogP contribution >= 0.6 is 19.6 Å². The molecule has 1 aromatic rings. The predicted molar refractivity (Wildman–Crippen MR) is 132 cm³/mol. The molecular weight excluding hydrogens is 547 g/mol. The Kier molecular flexibility index (Phi) is 9.34. The Balaban J connectivity index is 1.22. The van der Waals surface area contributed by atoms with Crippen LogP contribution < -0.4 is 21.9 Å². The number of phosphoric acid groups is 1. The fourth-order valence-electron chi connectivity index (χ4n) is 4.68. The highest BCUT2D eigenvalue weighted by atomic mass is 32.2. The number of aromatic amines is 1. The van der Waals surface area contributed by atoms with Crippen LogP contribution in [0.5, 0.6) is 0 Å². The van der Waals surface area contributed by atoms with Gasteiger partial charge in [0.15, 0.2) is 6.79 Å². The average molecular weight is 579 g/mol. The highest BCUT2D eigenvalue weighted by Crippen LogP contribution is 2.38. The van der Waals surface area contributed by atoms with E-state index in [1.165, 1.54) is 13.1 Å². The van der Waals surface area contributed by atoms with E-state index in [2.05, 4.69) is 20.1 Å².